The lowest BCUT2D eigenvalue weighted by atomic mass is 9.94. The molecule has 4 saturated heterocycles. The fourth-order valence-electron chi connectivity index (χ4n) is 4.54. The lowest BCUT2D eigenvalue weighted by Gasteiger charge is -2.62. The molecule has 2 aromatic carbocycles. The number of aromatic hydroxyl groups is 2. The zero-order chi connectivity index (χ0) is 21.8. The minimum absolute atomic E-state index is 0.0983. The second-order valence-electron chi connectivity index (χ2n) is 7.90. The summed E-state index contributed by atoms with van der Waals surface area (Å²) in [6, 6.07) is 10.1. The Morgan fingerprint density at radius 2 is 1.65 bits per heavy atom. The van der Waals surface area contributed by atoms with Crippen molar-refractivity contribution in [2.24, 2.45) is 5.92 Å². The predicted molar refractivity (Wildman–Crippen MR) is 105 cm³/mol. The molecule has 160 valence electrons. The van der Waals surface area contributed by atoms with E-state index in [4.69, 9.17) is 14.7 Å². The zero-order valence-corrected chi connectivity index (χ0v) is 16.3. The Balaban J connectivity index is 1.53. The third-order valence-corrected chi connectivity index (χ3v) is 5.82. The molecule has 3 atom stereocenters. The highest BCUT2D eigenvalue weighted by Crippen LogP contribution is 2.43. The number of hydrogen-bond donors (Lipinski definition) is 2. The highest BCUT2D eigenvalue weighted by atomic mass is 16.7. The number of ether oxygens (including phenoxy) is 2. The fourth-order valence-corrected chi connectivity index (χ4v) is 4.54. The van der Waals surface area contributed by atoms with E-state index in [-0.39, 0.29) is 23.0 Å². The van der Waals surface area contributed by atoms with E-state index in [0.717, 1.165) is 6.67 Å². The molecule has 4 fully saturated rings. The number of nitro groups is 1. The van der Waals surface area contributed by atoms with E-state index in [0.29, 0.717) is 32.2 Å². The second kappa shape index (κ2) is 6.98. The van der Waals surface area contributed by atoms with Crippen molar-refractivity contribution in [3.63, 3.8) is 0 Å². The second-order valence-corrected chi connectivity index (χ2v) is 7.90. The van der Waals surface area contributed by atoms with Crippen LogP contribution in [0.5, 0.6) is 23.0 Å². The summed E-state index contributed by atoms with van der Waals surface area (Å²) in [5, 5.41) is 40.2. The molecule has 0 aliphatic carbocycles. The highest BCUT2D eigenvalue weighted by Gasteiger charge is 2.60. The maximum atomic E-state index is 11.0. The molecule has 6 rings (SSSR count). The van der Waals surface area contributed by atoms with Crippen LogP contribution in [0.3, 0.4) is 0 Å². The summed E-state index contributed by atoms with van der Waals surface area (Å²) in [6.07, 6.45) is 0. The van der Waals surface area contributed by atoms with Crippen molar-refractivity contribution in [3.8, 4) is 29.1 Å². The standard InChI is InChI=1S/C20H19N5O6/c21-7-13-1-2-15(5-18(13)26)30-20(14-8-22-10-23(9-14)12-24(20)11-22)31-16-3-4-17(25(28)29)19(27)6-16/h1-6,14,26-27H,8-12H2/t20-/m1/s1. The van der Waals surface area contributed by atoms with Crippen molar-refractivity contribution in [1.29, 1.82) is 5.26 Å². The summed E-state index contributed by atoms with van der Waals surface area (Å²) >= 11 is 0. The van der Waals surface area contributed by atoms with Crippen LogP contribution in [-0.4, -0.2) is 68.8 Å². The van der Waals surface area contributed by atoms with E-state index in [9.17, 15) is 20.3 Å². The number of nitriles is 1. The van der Waals surface area contributed by atoms with E-state index in [2.05, 4.69) is 9.80 Å². The first-order chi connectivity index (χ1) is 14.9. The van der Waals surface area contributed by atoms with Gasteiger partial charge in [0.15, 0.2) is 5.75 Å². The molecule has 4 aliphatic heterocycles. The molecule has 11 nitrogen and oxygen atoms in total. The molecule has 2 N–H and O–H groups in total. The van der Waals surface area contributed by atoms with Crippen LogP contribution in [0.2, 0.25) is 0 Å². The van der Waals surface area contributed by atoms with Gasteiger partial charge in [-0.2, -0.15) is 5.26 Å². The van der Waals surface area contributed by atoms with Crippen LogP contribution in [-0.2, 0) is 0 Å². The SMILES string of the molecule is N#Cc1ccc(O[C@@]2(Oc3ccc([N+](=O)[O-])c(O)c3)C3CN4CN(C3)CN2C4)cc1O. The van der Waals surface area contributed by atoms with Crippen molar-refractivity contribution >= 4 is 5.69 Å². The topological polar surface area (TPSA) is 136 Å². The first-order valence-electron chi connectivity index (χ1n) is 9.66. The summed E-state index contributed by atoms with van der Waals surface area (Å²) < 4.78 is 12.7. The van der Waals surface area contributed by atoms with Crippen molar-refractivity contribution in [2.45, 2.75) is 5.91 Å². The molecule has 31 heavy (non-hydrogen) atoms. The number of phenolic OH excluding ortho intramolecular Hbond substituents is 2. The van der Waals surface area contributed by atoms with Crippen LogP contribution in [0, 0.1) is 27.4 Å². The largest absolute Gasteiger partial charge is 0.506 e. The molecule has 4 heterocycles. The molecular weight excluding hydrogens is 406 g/mol. The Kier molecular flexibility index (Phi) is 4.37. The minimum atomic E-state index is -1.25. The Hall–Kier alpha value is -3.59. The van der Waals surface area contributed by atoms with Gasteiger partial charge in [0.2, 0.25) is 0 Å². The smallest absolute Gasteiger partial charge is 0.323 e. The monoisotopic (exact) mass is 425 g/mol. The molecule has 4 aliphatic rings. The minimum Gasteiger partial charge on any atom is -0.506 e. The summed E-state index contributed by atoms with van der Waals surface area (Å²) in [5.41, 5.74) is -0.285. The maximum Gasteiger partial charge on any atom is 0.323 e. The Morgan fingerprint density at radius 1 is 1.03 bits per heavy atom. The molecule has 0 radical (unpaired) electrons. The molecule has 0 saturated carbocycles. The van der Waals surface area contributed by atoms with Gasteiger partial charge < -0.3 is 19.7 Å². The van der Waals surface area contributed by atoms with E-state index >= 15 is 0 Å². The number of rotatable bonds is 5. The van der Waals surface area contributed by atoms with Crippen LogP contribution in [0.1, 0.15) is 5.56 Å². The quantitative estimate of drug-likeness (QED) is 0.411. The van der Waals surface area contributed by atoms with Gasteiger partial charge in [0.25, 0.3) is 0 Å². The van der Waals surface area contributed by atoms with Crippen molar-refractivity contribution in [2.75, 3.05) is 33.1 Å². The Labute approximate surface area is 177 Å². The summed E-state index contributed by atoms with van der Waals surface area (Å²) in [5.74, 6) is -1.51. The van der Waals surface area contributed by atoms with Gasteiger partial charge in [-0.3, -0.25) is 19.9 Å². The maximum absolute atomic E-state index is 11.0. The average molecular weight is 425 g/mol. The molecule has 4 bridgehead atoms. The molecule has 0 spiro atoms. The third kappa shape index (κ3) is 3.17. The van der Waals surface area contributed by atoms with Crippen LogP contribution >= 0.6 is 0 Å². The van der Waals surface area contributed by atoms with E-state index < -0.39 is 22.3 Å². The first kappa shape index (κ1) is 19.4. The van der Waals surface area contributed by atoms with Gasteiger partial charge in [-0.25, -0.2) is 4.90 Å². The van der Waals surface area contributed by atoms with Gasteiger partial charge in [0.1, 0.15) is 23.3 Å². The van der Waals surface area contributed by atoms with Gasteiger partial charge >= 0.3 is 11.6 Å². The van der Waals surface area contributed by atoms with Crippen molar-refractivity contribution < 1.29 is 24.6 Å². The van der Waals surface area contributed by atoms with Gasteiger partial charge in [-0.15, -0.1) is 0 Å². The predicted octanol–water partition coefficient (Wildman–Crippen LogP) is 1.42. The van der Waals surface area contributed by atoms with Gasteiger partial charge in [-0.1, -0.05) is 0 Å². The number of hydrogen-bond acceptors (Lipinski definition) is 10. The lowest BCUT2D eigenvalue weighted by molar-refractivity contribution is -0.386. The zero-order valence-electron chi connectivity index (χ0n) is 16.3. The normalized spacial score (nSPS) is 30.5. The van der Waals surface area contributed by atoms with E-state index in [1.54, 1.807) is 6.07 Å². The number of nitro benzene ring substituents is 1. The van der Waals surface area contributed by atoms with E-state index in [1.165, 1.54) is 30.3 Å². The Bertz CT molecular complexity index is 1070. The van der Waals surface area contributed by atoms with Gasteiger partial charge in [0, 0.05) is 31.3 Å². The van der Waals surface area contributed by atoms with Crippen LogP contribution in [0.25, 0.3) is 0 Å². The van der Waals surface area contributed by atoms with Gasteiger partial charge in [0.05, 0.1) is 36.4 Å². The average Bonchev–Trinajstić information content (AvgIpc) is 2.71. The molecule has 0 aromatic heterocycles. The van der Waals surface area contributed by atoms with E-state index in [1.807, 2.05) is 11.0 Å². The highest BCUT2D eigenvalue weighted by molar-refractivity contribution is 5.50. The van der Waals surface area contributed by atoms with Crippen molar-refractivity contribution in [3.05, 3.63) is 52.1 Å². The summed E-state index contributed by atoms with van der Waals surface area (Å²) in [7, 11) is 0. The van der Waals surface area contributed by atoms with Crippen LogP contribution in [0.15, 0.2) is 36.4 Å². The molecule has 11 heteroatoms. The van der Waals surface area contributed by atoms with Crippen molar-refractivity contribution in [1.82, 2.24) is 14.7 Å². The van der Waals surface area contributed by atoms with Gasteiger partial charge in [-0.05, 0) is 18.2 Å². The fraction of sp³-hybridized carbons (Fsp3) is 0.350. The number of phenols is 2. The third-order valence-electron chi connectivity index (χ3n) is 5.82. The lowest BCUT2D eigenvalue weighted by Crippen LogP contribution is -2.80. The molecule has 0 amide bonds. The number of nitrogens with zero attached hydrogens (tertiary/aromatic N) is 5. The summed E-state index contributed by atoms with van der Waals surface area (Å²) in [6.45, 7) is 3.48. The first-order valence-corrected chi connectivity index (χ1v) is 9.66. The van der Waals surface area contributed by atoms with Crippen LogP contribution in [0.4, 0.5) is 5.69 Å². The Morgan fingerprint density at radius 3 is 2.16 bits per heavy atom. The van der Waals surface area contributed by atoms with Crippen LogP contribution < -0.4 is 9.47 Å². The molecular formula is C20H19N5O6. The molecule has 2 aromatic rings. The number of benzene rings is 2. The summed E-state index contributed by atoms with van der Waals surface area (Å²) in [4.78, 5) is 16.9. The molecule has 2 unspecified atom stereocenters.